The Bertz CT molecular complexity index is 312. The lowest BCUT2D eigenvalue weighted by Gasteiger charge is -2.28. The second-order valence-electron chi connectivity index (χ2n) is 3.62. The van der Waals surface area contributed by atoms with Gasteiger partial charge in [-0.3, -0.25) is 0 Å². The number of hydrogen-bond acceptors (Lipinski definition) is 0. The smallest absolute Gasteiger partial charge is 0.0582 e. The molecular weight excluding hydrogens is 144 g/mol. The van der Waals surface area contributed by atoms with Gasteiger partial charge in [0.05, 0.1) is 1.37 Å². The summed E-state index contributed by atoms with van der Waals surface area (Å²) in [6, 6.07) is 0.643. The summed E-state index contributed by atoms with van der Waals surface area (Å²) >= 11 is 0. The summed E-state index contributed by atoms with van der Waals surface area (Å²) in [5.41, 5.74) is 3.34. The quantitative estimate of drug-likeness (QED) is 0.553. The van der Waals surface area contributed by atoms with Gasteiger partial charge >= 0.3 is 0 Å². The molecule has 2 unspecified atom stereocenters. The van der Waals surface area contributed by atoms with Crippen LogP contribution in [0.15, 0.2) is 22.8 Å². The Morgan fingerprint density at radius 2 is 2.08 bits per heavy atom. The van der Waals surface area contributed by atoms with Gasteiger partial charge in [-0.1, -0.05) is 31.0 Å². The van der Waals surface area contributed by atoms with Crippen LogP contribution in [-0.4, -0.2) is 0 Å². The summed E-state index contributed by atoms with van der Waals surface area (Å²) in [7, 11) is 0. The van der Waals surface area contributed by atoms with Crippen molar-refractivity contribution in [2.24, 2.45) is 11.8 Å². The molecule has 12 heavy (non-hydrogen) atoms. The monoisotopic (exact) mass is 166 g/mol. The average Bonchev–Trinajstić information content (AvgIpc) is 2.21. The fourth-order valence-corrected chi connectivity index (χ4v) is 1.94. The Balaban J connectivity index is 3.33. The number of allylic oxidation sites excluding steroid dienone is 4. The average molecular weight is 166 g/mol. The van der Waals surface area contributed by atoms with Crippen LogP contribution in [0.5, 0.6) is 0 Å². The van der Waals surface area contributed by atoms with E-state index in [1.54, 1.807) is 0 Å². The van der Waals surface area contributed by atoms with E-state index in [1.807, 2.05) is 34.6 Å². The summed E-state index contributed by atoms with van der Waals surface area (Å²) < 4.78 is 16.4. The molecule has 0 radical (unpaired) electrons. The molecule has 2 atom stereocenters. The Hall–Kier alpha value is -0.520. The van der Waals surface area contributed by atoms with Crippen LogP contribution in [-0.2, 0) is 0 Å². The minimum absolute atomic E-state index is 0.0243. The molecule has 0 spiro atoms. The molecule has 0 saturated carbocycles. The highest BCUT2D eigenvalue weighted by Crippen LogP contribution is 2.34. The molecule has 0 aliphatic heterocycles. The van der Waals surface area contributed by atoms with E-state index in [2.05, 4.69) is 0 Å². The lowest BCUT2D eigenvalue weighted by atomic mass is 9.77. The van der Waals surface area contributed by atoms with Crippen molar-refractivity contribution in [1.29, 1.82) is 0 Å². The van der Waals surface area contributed by atoms with Crippen LogP contribution in [0.25, 0.3) is 0 Å². The fraction of sp³-hybridized carbons (Fsp3) is 0.667. The molecule has 0 heteroatoms. The third-order valence-corrected chi connectivity index (χ3v) is 2.94. The molecule has 0 saturated heterocycles. The Kier molecular flexibility index (Phi) is 2.01. The predicted octanol–water partition coefficient (Wildman–Crippen LogP) is 3.95. The molecule has 68 valence electrons. The van der Waals surface area contributed by atoms with Crippen molar-refractivity contribution in [1.82, 2.24) is 0 Å². The van der Waals surface area contributed by atoms with Crippen molar-refractivity contribution < 1.29 is 2.74 Å². The lowest BCUT2D eigenvalue weighted by molar-refractivity contribution is 0.458. The molecule has 0 fully saturated rings. The van der Waals surface area contributed by atoms with E-state index in [4.69, 9.17) is 2.74 Å². The maximum Gasteiger partial charge on any atom is 0.0582 e. The normalized spacial score (nSPS) is 39.9. The van der Waals surface area contributed by atoms with Crippen molar-refractivity contribution in [3.63, 3.8) is 0 Å². The van der Waals surface area contributed by atoms with E-state index in [9.17, 15) is 0 Å². The zero-order chi connectivity index (χ0) is 11.1. The second kappa shape index (κ2) is 3.47. The van der Waals surface area contributed by atoms with E-state index >= 15 is 0 Å². The summed E-state index contributed by atoms with van der Waals surface area (Å²) in [5.74, 6) is -0.531. The molecule has 0 nitrogen and oxygen atoms in total. The zero-order valence-corrected chi connectivity index (χ0v) is 8.78. The first kappa shape index (κ1) is 6.94. The van der Waals surface area contributed by atoms with Gasteiger partial charge in [0.15, 0.2) is 0 Å². The van der Waals surface area contributed by atoms with E-state index in [0.717, 1.165) is 23.1 Å². The predicted molar refractivity (Wildman–Crippen MR) is 55.1 cm³/mol. The minimum Gasteiger partial charge on any atom is -0.0779 e. The van der Waals surface area contributed by atoms with Crippen molar-refractivity contribution in [2.45, 2.75) is 41.0 Å². The van der Waals surface area contributed by atoms with Crippen LogP contribution in [0.3, 0.4) is 0 Å². The highest BCUT2D eigenvalue weighted by atomic mass is 14.3. The van der Waals surface area contributed by atoms with Gasteiger partial charge in [0.1, 0.15) is 0 Å². The lowest BCUT2D eigenvalue weighted by Crippen LogP contribution is -2.16. The SMILES string of the molecule is [2H]C1=C(C)C(C)=C(C)C([2H])(CC)C1C. The Morgan fingerprint density at radius 3 is 2.58 bits per heavy atom. The molecular formula is C12H20. The first-order valence-corrected chi connectivity index (χ1v) is 4.72. The van der Waals surface area contributed by atoms with Crippen LogP contribution in [0.2, 0.25) is 0 Å². The topological polar surface area (TPSA) is 0 Å². The van der Waals surface area contributed by atoms with Crippen molar-refractivity contribution in [3.8, 4) is 0 Å². The molecule has 0 aromatic heterocycles. The minimum atomic E-state index is -0.555. The molecule has 0 aromatic carbocycles. The molecule has 1 aliphatic carbocycles. The summed E-state index contributed by atoms with van der Waals surface area (Å²) in [6.07, 6.45) is 0.785. The first-order valence-electron chi connectivity index (χ1n) is 5.72. The van der Waals surface area contributed by atoms with Crippen molar-refractivity contribution >= 4 is 0 Å². The molecule has 0 heterocycles. The number of hydrogen-bond donors (Lipinski definition) is 0. The van der Waals surface area contributed by atoms with Crippen LogP contribution in [0.1, 0.15) is 43.8 Å². The molecule has 0 N–H and O–H groups in total. The third kappa shape index (κ3) is 1.48. The maximum atomic E-state index is 8.42. The fourth-order valence-electron chi connectivity index (χ4n) is 1.94. The van der Waals surface area contributed by atoms with Gasteiger partial charge in [-0.05, 0) is 44.6 Å². The van der Waals surface area contributed by atoms with Gasteiger partial charge < -0.3 is 0 Å². The van der Waals surface area contributed by atoms with Crippen LogP contribution < -0.4 is 0 Å². The molecule has 0 aromatic rings. The summed E-state index contributed by atoms with van der Waals surface area (Å²) in [6.45, 7) is 10.1. The summed E-state index contributed by atoms with van der Waals surface area (Å²) in [4.78, 5) is 0. The Labute approximate surface area is 79.2 Å². The third-order valence-electron chi connectivity index (χ3n) is 2.94. The van der Waals surface area contributed by atoms with Gasteiger partial charge in [0.2, 0.25) is 0 Å². The van der Waals surface area contributed by atoms with Gasteiger partial charge in [0, 0.05) is 1.37 Å². The molecule has 1 aliphatic rings. The zero-order valence-electron chi connectivity index (χ0n) is 10.8. The standard InChI is InChI=1S/C12H20/c1-6-12-9(3)7-8(2)10(4)11(12)5/h7,9,12H,6H2,1-5H3/i7D,12D. The van der Waals surface area contributed by atoms with E-state index < -0.39 is 5.89 Å². The van der Waals surface area contributed by atoms with Crippen LogP contribution in [0.4, 0.5) is 0 Å². The largest absolute Gasteiger partial charge is 0.0779 e. The van der Waals surface area contributed by atoms with Crippen molar-refractivity contribution in [2.75, 3.05) is 0 Å². The molecule has 0 bridgehead atoms. The Morgan fingerprint density at radius 1 is 1.50 bits per heavy atom. The van der Waals surface area contributed by atoms with Crippen LogP contribution >= 0.6 is 0 Å². The maximum absolute atomic E-state index is 8.42. The summed E-state index contributed by atoms with van der Waals surface area (Å²) in [5, 5.41) is 0. The van der Waals surface area contributed by atoms with Gasteiger partial charge in [0.25, 0.3) is 0 Å². The first-order chi connectivity index (χ1) is 6.36. The second-order valence-corrected chi connectivity index (χ2v) is 3.62. The van der Waals surface area contributed by atoms with E-state index in [-0.39, 0.29) is 5.92 Å². The van der Waals surface area contributed by atoms with Gasteiger partial charge in [-0.15, -0.1) is 0 Å². The van der Waals surface area contributed by atoms with E-state index in [1.165, 1.54) is 0 Å². The molecule has 1 rings (SSSR count). The highest BCUT2D eigenvalue weighted by molar-refractivity contribution is 5.37. The van der Waals surface area contributed by atoms with Gasteiger partial charge in [-0.25, -0.2) is 0 Å². The van der Waals surface area contributed by atoms with Crippen molar-refractivity contribution in [3.05, 3.63) is 22.8 Å². The van der Waals surface area contributed by atoms with Crippen LogP contribution in [0, 0.1) is 11.8 Å². The highest BCUT2D eigenvalue weighted by Gasteiger charge is 2.21. The number of rotatable bonds is 1. The molecule has 0 amide bonds. The van der Waals surface area contributed by atoms with E-state index in [0.29, 0.717) is 6.05 Å². The van der Waals surface area contributed by atoms with Gasteiger partial charge in [-0.2, -0.15) is 0 Å².